The van der Waals surface area contributed by atoms with Gasteiger partial charge >= 0.3 is 6.18 Å². The van der Waals surface area contributed by atoms with Crippen molar-refractivity contribution in [1.82, 2.24) is 15.2 Å². The number of carbonyl (C=O) groups excluding carboxylic acids is 1. The smallest absolute Gasteiger partial charge is 0.355 e. The number of amides is 1. The van der Waals surface area contributed by atoms with Crippen LogP contribution in [0.1, 0.15) is 24.8 Å². The second-order valence-corrected chi connectivity index (χ2v) is 7.29. The van der Waals surface area contributed by atoms with Crippen molar-refractivity contribution in [1.29, 1.82) is 0 Å². The SMILES string of the molecule is CN(C(=O)C1CCN(c2ncc(C(F)(F)F)cc2Cl)CC1)C1CCNC1.Cl. The summed E-state index contributed by atoms with van der Waals surface area (Å²) in [5.41, 5.74) is -0.858. The molecule has 0 saturated carbocycles. The van der Waals surface area contributed by atoms with E-state index in [9.17, 15) is 18.0 Å². The van der Waals surface area contributed by atoms with Gasteiger partial charge in [-0.05, 0) is 31.9 Å². The summed E-state index contributed by atoms with van der Waals surface area (Å²) in [6.07, 6.45) is -1.41. The molecule has 2 saturated heterocycles. The predicted molar refractivity (Wildman–Crippen MR) is 100 cm³/mol. The normalized spacial score (nSPS) is 21.1. The summed E-state index contributed by atoms with van der Waals surface area (Å²) >= 11 is 6.02. The van der Waals surface area contributed by atoms with E-state index < -0.39 is 11.7 Å². The standard InChI is InChI=1S/C17H22ClF3N4O.ClH/c1-24(13-2-5-22-10-13)16(26)11-3-6-25(7-4-11)15-14(18)8-12(9-23-15)17(19,20)21;/h8-9,11,13,22H,2-7,10H2,1H3;1H. The molecule has 2 aliphatic heterocycles. The average molecular weight is 427 g/mol. The summed E-state index contributed by atoms with van der Waals surface area (Å²) in [4.78, 5) is 20.3. The number of anilines is 1. The Hall–Kier alpha value is -1.25. The van der Waals surface area contributed by atoms with E-state index in [1.807, 2.05) is 16.8 Å². The maximum atomic E-state index is 12.7. The molecule has 152 valence electrons. The van der Waals surface area contributed by atoms with Crippen LogP contribution < -0.4 is 10.2 Å². The van der Waals surface area contributed by atoms with Crippen LogP contribution in [0, 0.1) is 5.92 Å². The number of hydrogen-bond donors (Lipinski definition) is 1. The van der Waals surface area contributed by atoms with Crippen molar-refractivity contribution < 1.29 is 18.0 Å². The molecular formula is C17H23Cl2F3N4O. The van der Waals surface area contributed by atoms with Crippen LogP contribution in [0.3, 0.4) is 0 Å². The largest absolute Gasteiger partial charge is 0.417 e. The van der Waals surface area contributed by atoms with E-state index in [2.05, 4.69) is 10.3 Å². The number of nitrogens with one attached hydrogen (secondary N) is 1. The van der Waals surface area contributed by atoms with Crippen LogP contribution in [-0.2, 0) is 11.0 Å². The summed E-state index contributed by atoms with van der Waals surface area (Å²) in [7, 11) is 1.85. The highest BCUT2D eigenvalue weighted by Crippen LogP contribution is 2.34. The first-order chi connectivity index (χ1) is 12.3. The van der Waals surface area contributed by atoms with Gasteiger partial charge in [0.15, 0.2) is 0 Å². The Morgan fingerprint density at radius 3 is 2.52 bits per heavy atom. The number of pyridine rings is 1. The summed E-state index contributed by atoms with van der Waals surface area (Å²) in [5, 5.41) is 3.24. The van der Waals surface area contributed by atoms with E-state index in [-0.39, 0.29) is 35.3 Å². The average Bonchev–Trinajstić information content (AvgIpc) is 3.14. The van der Waals surface area contributed by atoms with E-state index in [1.165, 1.54) is 0 Å². The molecule has 2 aliphatic rings. The van der Waals surface area contributed by atoms with Crippen molar-refractivity contribution in [3.63, 3.8) is 0 Å². The van der Waals surface area contributed by atoms with Gasteiger partial charge in [-0.25, -0.2) is 4.98 Å². The molecule has 5 nitrogen and oxygen atoms in total. The zero-order valence-electron chi connectivity index (χ0n) is 14.9. The molecule has 0 aliphatic carbocycles. The highest BCUT2D eigenvalue weighted by molar-refractivity contribution is 6.33. The van der Waals surface area contributed by atoms with Gasteiger partial charge in [-0.1, -0.05) is 11.6 Å². The fourth-order valence-corrected chi connectivity index (χ4v) is 3.88. The van der Waals surface area contributed by atoms with Crippen molar-refractivity contribution in [3.8, 4) is 0 Å². The minimum absolute atomic E-state index is 0. The molecule has 1 N–H and O–H groups in total. The zero-order chi connectivity index (χ0) is 18.9. The molecule has 3 rings (SSSR count). The van der Waals surface area contributed by atoms with Gasteiger partial charge in [-0.3, -0.25) is 4.79 Å². The van der Waals surface area contributed by atoms with E-state index in [0.29, 0.717) is 31.7 Å². The minimum Gasteiger partial charge on any atom is -0.355 e. The van der Waals surface area contributed by atoms with Gasteiger partial charge in [0.2, 0.25) is 5.91 Å². The maximum absolute atomic E-state index is 12.7. The third kappa shape index (κ3) is 4.97. The summed E-state index contributed by atoms with van der Waals surface area (Å²) < 4.78 is 38.2. The molecular weight excluding hydrogens is 404 g/mol. The van der Waals surface area contributed by atoms with E-state index >= 15 is 0 Å². The number of carbonyl (C=O) groups is 1. The second-order valence-electron chi connectivity index (χ2n) is 6.88. The van der Waals surface area contributed by atoms with Gasteiger partial charge in [0, 0.05) is 44.8 Å². The molecule has 3 heterocycles. The Bertz CT molecular complexity index is 660. The lowest BCUT2D eigenvalue weighted by Crippen LogP contribution is -2.45. The molecule has 0 bridgehead atoms. The van der Waals surface area contributed by atoms with Crippen molar-refractivity contribution in [3.05, 3.63) is 22.8 Å². The van der Waals surface area contributed by atoms with Crippen molar-refractivity contribution in [2.45, 2.75) is 31.5 Å². The first-order valence-corrected chi connectivity index (χ1v) is 9.10. The molecule has 10 heteroatoms. The van der Waals surface area contributed by atoms with Crippen LogP contribution in [-0.4, -0.2) is 55.1 Å². The van der Waals surface area contributed by atoms with Gasteiger partial charge in [0.05, 0.1) is 10.6 Å². The van der Waals surface area contributed by atoms with Gasteiger partial charge < -0.3 is 15.1 Å². The van der Waals surface area contributed by atoms with Gasteiger partial charge in [-0.2, -0.15) is 13.2 Å². The Kier molecular flexibility index (Phi) is 7.21. The zero-order valence-corrected chi connectivity index (χ0v) is 16.5. The summed E-state index contributed by atoms with van der Waals surface area (Å²) in [6, 6.07) is 1.15. The molecule has 0 aromatic carbocycles. The minimum atomic E-state index is -4.46. The summed E-state index contributed by atoms with van der Waals surface area (Å²) in [5.74, 6) is 0.425. The third-order valence-electron chi connectivity index (χ3n) is 5.22. The molecule has 0 spiro atoms. The molecule has 1 aromatic heterocycles. The van der Waals surface area contributed by atoms with Crippen LogP contribution in [0.2, 0.25) is 5.02 Å². The van der Waals surface area contributed by atoms with Crippen LogP contribution >= 0.6 is 24.0 Å². The predicted octanol–water partition coefficient (Wildman–Crippen LogP) is 3.21. The van der Waals surface area contributed by atoms with Crippen LogP contribution in [0.4, 0.5) is 19.0 Å². The molecule has 1 amide bonds. The molecule has 1 unspecified atom stereocenters. The molecule has 0 radical (unpaired) electrons. The monoisotopic (exact) mass is 426 g/mol. The quantitative estimate of drug-likeness (QED) is 0.805. The number of hydrogen-bond acceptors (Lipinski definition) is 4. The number of nitrogens with zero attached hydrogens (tertiary/aromatic N) is 3. The van der Waals surface area contributed by atoms with Crippen molar-refractivity contribution in [2.75, 3.05) is 38.1 Å². The van der Waals surface area contributed by atoms with E-state index in [4.69, 9.17) is 11.6 Å². The van der Waals surface area contributed by atoms with Crippen LogP contribution in [0.25, 0.3) is 0 Å². The van der Waals surface area contributed by atoms with Gasteiger partial charge in [0.1, 0.15) is 5.82 Å². The second kappa shape index (κ2) is 8.84. The fourth-order valence-electron chi connectivity index (χ4n) is 3.59. The van der Waals surface area contributed by atoms with E-state index in [0.717, 1.165) is 31.8 Å². The van der Waals surface area contributed by atoms with Crippen molar-refractivity contribution >= 4 is 35.7 Å². The topological polar surface area (TPSA) is 48.5 Å². The lowest BCUT2D eigenvalue weighted by atomic mass is 9.94. The third-order valence-corrected chi connectivity index (χ3v) is 5.50. The number of likely N-dealkylation sites (N-methyl/N-ethyl adjacent to an activating group) is 1. The molecule has 1 atom stereocenters. The number of halogens is 5. The van der Waals surface area contributed by atoms with Gasteiger partial charge in [0.25, 0.3) is 0 Å². The maximum Gasteiger partial charge on any atom is 0.417 e. The van der Waals surface area contributed by atoms with Gasteiger partial charge in [-0.15, -0.1) is 12.4 Å². The molecule has 2 fully saturated rings. The first kappa shape index (κ1) is 22.0. The Balaban J connectivity index is 0.00000261. The number of alkyl halides is 3. The highest BCUT2D eigenvalue weighted by atomic mass is 35.5. The number of aromatic nitrogens is 1. The Morgan fingerprint density at radius 1 is 1.33 bits per heavy atom. The number of piperidine rings is 1. The Morgan fingerprint density at radius 2 is 2.00 bits per heavy atom. The Labute approximate surface area is 167 Å². The van der Waals surface area contributed by atoms with E-state index in [1.54, 1.807) is 0 Å². The first-order valence-electron chi connectivity index (χ1n) is 8.72. The summed E-state index contributed by atoms with van der Waals surface area (Å²) in [6.45, 7) is 2.85. The van der Waals surface area contributed by atoms with Crippen molar-refractivity contribution in [2.24, 2.45) is 5.92 Å². The highest BCUT2D eigenvalue weighted by Gasteiger charge is 2.34. The van der Waals surface area contributed by atoms with Crippen LogP contribution in [0.5, 0.6) is 0 Å². The lowest BCUT2D eigenvalue weighted by Gasteiger charge is -2.35. The fraction of sp³-hybridized carbons (Fsp3) is 0.647. The number of rotatable bonds is 3. The molecule has 1 aromatic rings. The van der Waals surface area contributed by atoms with Crippen LogP contribution in [0.15, 0.2) is 12.3 Å². The lowest BCUT2D eigenvalue weighted by molar-refractivity contribution is -0.138. The molecule has 27 heavy (non-hydrogen) atoms.